The molecule has 2 saturated heterocycles. The number of aliphatic hydroxyl groups is 6. The van der Waals surface area contributed by atoms with Crippen LogP contribution in [0.5, 0.6) is 5.75 Å². The van der Waals surface area contributed by atoms with Crippen LogP contribution in [0.1, 0.15) is 10.4 Å². The number of benzene rings is 1. The molecule has 3 rings (SSSR count). The number of azide groups is 1. The SMILES string of the molecule is COC(=O)c1ccc(O[C@@H]2O[C@H](CO)[C@@H](O[C@@H]3O[C@H](CN=[N+]=[N-])[C@H](O)[C@H](O)[C@H]3O)[C@H](O)[C@H]2O)cc1. The monoisotopic (exact) mass is 501 g/mol. The summed E-state index contributed by atoms with van der Waals surface area (Å²) in [5.74, 6) is -0.387. The topological polar surface area (TPSA) is 233 Å². The summed E-state index contributed by atoms with van der Waals surface area (Å²) in [7, 11) is 1.23. The van der Waals surface area contributed by atoms with Crippen LogP contribution in [0.15, 0.2) is 29.4 Å². The van der Waals surface area contributed by atoms with Gasteiger partial charge in [0.2, 0.25) is 6.29 Å². The van der Waals surface area contributed by atoms with Crippen LogP contribution >= 0.6 is 0 Å². The van der Waals surface area contributed by atoms with Gasteiger partial charge < -0.3 is 54.3 Å². The molecule has 1 aromatic carbocycles. The lowest BCUT2D eigenvalue weighted by atomic mass is 9.97. The molecule has 0 spiro atoms. The number of esters is 1. The van der Waals surface area contributed by atoms with Crippen molar-refractivity contribution in [1.29, 1.82) is 0 Å². The summed E-state index contributed by atoms with van der Waals surface area (Å²) < 4.78 is 26.6. The van der Waals surface area contributed by atoms with Crippen molar-refractivity contribution in [2.45, 2.75) is 61.4 Å². The van der Waals surface area contributed by atoms with Gasteiger partial charge in [0, 0.05) is 4.91 Å². The van der Waals surface area contributed by atoms with E-state index in [0.29, 0.717) is 0 Å². The normalized spacial score (nSPS) is 37.2. The number of rotatable bonds is 8. The van der Waals surface area contributed by atoms with Gasteiger partial charge in [0.05, 0.1) is 31.9 Å². The molecular formula is C20H27N3O12. The second-order valence-corrected chi connectivity index (χ2v) is 7.87. The fourth-order valence-electron chi connectivity index (χ4n) is 3.69. The molecule has 0 unspecified atom stereocenters. The van der Waals surface area contributed by atoms with E-state index < -0.39 is 74.0 Å². The van der Waals surface area contributed by atoms with Crippen molar-refractivity contribution in [1.82, 2.24) is 0 Å². The average molecular weight is 501 g/mol. The number of ether oxygens (including phenoxy) is 5. The molecule has 0 bridgehead atoms. The number of methoxy groups -OCH3 is 1. The molecular weight excluding hydrogens is 474 g/mol. The fourth-order valence-corrected chi connectivity index (χ4v) is 3.69. The van der Waals surface area contributed by atoms with E-state index in [4.69, 9.17) is 24.5 Å². The van der Waals surface area contributed by atoms with E-state index in [2.05, 4.69) is 14.8 Å². The van der Waals surface area contributed by atoms with E-state index in [-0.39, 0.29) is 17.9 Å². The Morgan fingerprint density at radius 1 is 0.971 bits per heavy atom. The van der Waals surface area contributed by atoms with Crippen molar-refractivity contribution in [3.05, 3.63) is 40.3 Å². The van der Waals surface area contributed by atoms with E-state index >= 15 is 0 Å². The number of hydrogen-bond acceptors (Lipinski definition) is 13. The minimum absolute atomic E-state index is 0.175. The summed E-state index contributed by atoms with van der Waals surface area (Å²) in [6.45, 7) is -1.09. The Balaban J connectivity index is 1.70. The van der Waals surface area contributed by atoms with Crippen molar-refractivity contribution >= 4 is 5.97 Å². The van der Waals surface area contributed by atoms with Gasteiger partial charge in [-0.1, -0.05) is 5.11 Å². The van der Waals surface area contributed by atoms with Crippen molar-refractivity contribution in [2.24, 2.45) is 5.11 Å². The third kappa shape index (κ3) is 5.99. The molecule has 0 amide bonds. The van der Waals surface area contributed by atoms with Crippen molar-refractivity contribution < 1.29 is 59.1 Å². The Hall–Kier alpha value is -2.56. The molecule has 194 valence electrons. The Kier molecular flexibility index (Phi) is 9.21. The molecule has 10 atom stereocenters. The van der Waals surface area contributed by atoms with E-state index in [1.165, 1.54) is 31.4 Å². The first kappa shape index (κ1) is 27.0. The van der Waals surface area contributed by atoms with Gasteiger partial charge in [0.1, 0.15) is 48.5 Å². The van der Waals surface area contributed by atoms with Crippen LogP contribution in [0.3, 0.4) is 0 Å². The number of hydrogen-bond donors (Lipinski definition) is 6. The standard InChI is InChI=1S/C20H27N3O12/c1-31-18(30)8-2-4-9(5-3-8)32-19-16(29)14(27)17(11(7-24)34-19)35-20-15(28)13(26)12(25)10(33-20)6-22-23-21/h2-5,10-17,19-20,24-29H,6-7H2,1H3/t10-,11-,12+,13+,14-,15-,16-,17-,19-,20+/m1/s1. The van der Waals surface area contributed by atoms with Crippen LogP contribution in [-0.2, 0) is 18.9 Å². The summed E-state index contributed by atoms with van der Waals surface area (Å²) in [6, 6.07) is 5.65. The number of aliphatic hydroxyl groups excluding tert-OH is 6. The zero-order valence-corrected chi connectivity index (χ0v) is 18.5. The Labute approximate surface area is 198 Å². The van der Waals surface area contributed by atoms with Gasteiger partial charge in [-0.2, -0.15) is 0 Å². The molecule has 0 radical (unpaired) electrons. The van der Waals surface area contributed by atoms with Gasteiger partial charge >= 0.3 is 5.97 Å². The highest BCUT2D eigenvalue weighted by Gasteiger charge is 2.51. The van der Waals surface area contributed by atoms with Gasteiger partial charge in [-0.25, -0.2) is 4.79 Å². The number of carbonyl (C=O) groups excluding carboxylic acids is 1. The molecule has 2 aliphatic rings. The van der Waals surface area contributed by atoms with Crippen LogP contribution in [0.4, 0.5) is 0 Å². The van der Waals surface area contributed by atoms with E-state index in [9.17, 15) is 35.4 Å². The predicted molar refractivity (Wildman–Crippen MR) is 112 cm³/mol. The highest BCUT2D eigenvalue weighted by Crippen LogP contribution is 2.30. The fraction of sp³-hybridized carbons (Fsp3) is 0.650. The smallest absolute Gasteiger partial charge is 0.337 e. The second kappa shape index (κ2) is 11.9. The first-order chi connectivity index (χ1) is 16.7. The zero-order valence-electron chi connectivity index (χ0n) is 18.5. The van der Waals surface area contributed by atoms with Crippen LogP contribution in [0.25, 0.3) is 10.4 Å². The molecule has 2 heterocycles. The summed E-state index contributed by atoms with van der Waals surface area (Å²) in [5.41, 5.74) is 8.73. The number of carbonyl (C=O) groups is 1. The Morgan fingerprint density at radius 3 is 2.20 bits per heavy atom. The Morgan fingerprint density at radius 2 is 1.60 bits per heavy atom. The van der Waals surface area contributed by atoms with Gasteiger partial charge in [-0.05, 0) is 29.8 Å². The zero-order chi connectivity index (χ0) is 25.7. The lowest BCUT2D eigenvalue weighted by Gasteiger charge is -2.46. The van der Waals surface area contributed by atoms with Gasteiger partial charge in [0.25, 0.3) is 0 Å². The van der Waals surface area contributed by atoms with Crippen LogP contribution in [-0.4, -0.2) is 118 Å². The lowest BCUT2D eigenvalue weighted by molar-refractivity contribution is -0.349. The largest absolute Gasteiger partial charge is 0.465 e. The summed E-state index contributed by atoms with van der Waals surface area (Å²) in [5, 5.41) is 64.6. The third-order valence-electron chi connectivity index (χ3n) is 5.63. The van der Waals surface area contributed by atoms with E-state index in [1.54, 1.807) is 0 Å². The maximum atomic E-state index is 11.5. The van der Waals surface area contributed by atoms with Crippen LogP contribution in [0, 0.1) is 0 Å². The minimum atomic E-state index is -1.78. The second-order valence-electron chi connectivity index (χ2n) is 7.87. The number of nitrogens with zero attached hydrogens (tertiary/aromatic N) is 3. The van der Waals surface area contributed by atoms with E-state index in [0.717, 1.165) is 0 Å². The van der Waals surface area contributed by atoms with Gasteiger partial charge in [-0.3, -0.25) is 0 Å². The first-order valence-corrected chi connectivity index (χ1v) is 10.5. The molecule has 0 saturated carbocycles. The summed E-state index contributed by atoms with van der Waals surface area (Å²) in [4.78, 5) is 14.1. The quantitative estimate of drug-likeness (QED) is 0.0963. The lowest BCUT2D eigenvalue weighted by Crippen LogP contribution is -2.65. The van der Waals surface area contributed by atoms with Gasteiger partial charge in [0.15, 0.2) is 6.29 Å². The molecule has 15 heteroatoms. The van der Waals surface area contributed by atoms with Crippen molar-refractivity contribution in [3.8, 4) is 5.75 Å². The maximum Gasteiger partial charge on any atom is 0.337 e. The molecule has 0 aromatic heterocycles. The molecule has 2 aliphatic heterocycles. The van der Waals surface area contributed by atoms with Gasteiger partial charge in [-0.15, -0.1) is 0 Å². The van der Waals surface area contributed by atoms with Crippen LogP contribution < -0.4 is 4.74 Å². The van der Waals surface area contributed by atoms with Crippen molar-refractivity contribution in [3.63, 3.8) is 0 Å². The highest BCUT2D eigenvalue weighted by atomic mass is 16.7. The molecule has 1 aromatic rings. The highest BCUT2D eigenvalue weighted by molar-refractivity contribution is 5.89. The minimum Gasteiger partial charge on any atom is -0.465 e. The molecule has 2 fully saturated rings. The molecule has 0 aliphatic carbocycles. The van der Waals surface area contributed by atoms with Crippen LogP contribution in [0.2, 0.25) is 0 Å². The van der Waals surface area contributed by atoms with Crippen molar-refractivity contribution in [2.75, 3.05) is 20.3 Å². The predicted octanol–water partition coefficient (Wildman–Crippen LogP) is -2.21. The first-order valence-electron chi connectivity index (χ1n) is 10.5. The average Bonchev–Trinajstić information content (AvgIpc) is 2.87. The molecule has 35 heavy (non-hydrogen) atoms. The molecule has 6 N–H and O–H groups in total. The maximum absolute atomic E-state index is 11.5. The summed E-state index contributed by atoms with van der Waals surface area (Å²) in [6.07, 6.45) is -15.6. The van der Waals surface area contributed by atoms with E-state index in [1.807, 2.05) is 0 Å². The molecule has 15 nitrogen and oxygen atoms in total. The third-order valence-corrected chi connectivity index (χ3v) is 5.63. The Bertz CT molecular complexity index is 896. The summed E-state index contributed by atoms with van der Waals surface area (Å²) >= 11 is 0.